The van der Waals surface area contributed by atoms with Crippen LogP contribution in [0.1, 0.15) is 62.5 Å². The zero-order chi connectivity index (χ0) is 18.5. The average molecular weight is 355 g/mol. The standard InChI is InChI=1S/C20H29N5O/c1-2-3-12-16(15-10-6-4-7-11-15)17-18(21)25(26)20(22)23-19(17)24-13-8-5-9-14-24/h4,6-7,10-11,16,22,26H,2-3,5,8-9,12-14,21H2,1H3. The number of hydrogen-bond donors (Lipinski definition) is 3. The highest BCUT2D eigenvalue weighted by atomic mass is 16.5. The summed E-state index contributed by atoms with van der Waals surface area (Å²) in [5.41, 5.74) is 8.14. The van der Waals surface area contributed by atoms with Crippen LogP contribution < -0.4 is 16.3 Å². The summed E-state index contributed by atoms with van der Waals surface area (Å²) in [7, 11) is 0. The van der Waals surface area contributed by atoms with Crippen LogP contribution in [0.2, 0.25) is 0 Å². The molecule has 0 bridgehead atoms. The lowest BCUT2D eigenvalue weighted by atomic mass is 9.87. The molecule has 1 saturated heterocycles. The van der Waals surface area contributed by atoms with Crippen molar-refractivity contribution in [3.8, 4) is 0 Å². The van der Waals surface area contributed by atoms with Gasteiger partial charge in [-0.2, -0.15) is 4.98 Å². The number of nitrogens with two attached hydrogens (primary N) is 1. The molecule has 1 aliphatic rings. The topological polar surface area (TPSA) is 91.2 Å². The van der Waals surface area contributed by atoms with Crippen LogP contribution in [0.5, 0.6) is 0 Å². The molecule has 1 aromatic carbocycles. The van der Waals surface area contributed by atoms with E-state index in [0.29, 0.717) is 4.73 Å². The molecule has 1 atom stereocenters. The fourth-order valence-electron chi connectivity index (χ4n) is 3.80. The summed E-state index contributed by atoms with van der Waals surface area (Å²) in [6.45, 7) is 4.02. The van der Waals surface area contributed by atoms with Gasteiger partial charge in [0.15, 0.2) is 5.82 Å². The van der Waals surface area contributed by atoms with Gasteiger partial charge in [-0.1, -0.05) is 50.1 Å². The third kappa shape index (κ3) is 3.69. The van der Waals surface area contributed by atoms with Crippen LogP contribution in [0.4, 0.5) is 11.6 Å². The van der Waals surface area contributed by atoms with E-state index in [-0.39, 0.29) is 17.4 Å². The third-order valence-electron chi connectivity index (χ3n) is 5.21. The van der Waals surface area contributed by atoms with Crippen molar-refractivity contribution >= 4 is 11.6 Å². The smallest absolute Gasteiger partial charge is 0.259 e. The number of hydrogen-bond acceptors (Lipinski definition) is 5. The predicted molar refractivity (Wildman–Crippen MR) is 104 cm³/mol. The van der Waals surface area contributed by atoms with Crippen molar-refractivity contribution < 1.29 is 5.21 Å². The highest BCUT2D eigenvalue weighted by molar-refractivity contribution is 5.61. The maximum atomic E-state index is 10.3. The number of rotatable bonds is 6. The molecule has 0 spiro atoms. The van der Waals surface area contributed by atoms with Crippen molar-refractivity contribution in [3.05, 3.63) is 47.1 Å². The number of nitrogens with one attached hydrogen (secondary N) is 1. The van der Waals surface area contributed by atoms with Gasteiger partial charge in [0.1, 0.15) is 5.82 Å². The first-order valence-corrected chi connectivity index (χ1v) is 9.59. The number of nitrogens with zero attached hydrogens (tertiary/aromatic N) is 3. The van der Waals surface area contributed by atoms with Gasteiger partial charge in [-0.3, -0.25) is 5.41 Å². The number of aromatic nitrogens is 2. The van der Waals surface area contributed by atoms with Crippen molar-refractivity contribution in [2.45, 2.75) is 51.4 Å². The molecule has 1 unspecified atom stereocenters. The summed E-state index contributed by atoms with van der Waals surface area (Å²) in [5.74, 6) is 1.05. The van der Waals surface area contributed by atoms with Crippen LogP contribution in [0, 0.1) is 5.41 Å². The van der Waals surface area contributed by atoms with E-state index in [0.717, 1.165) is 56.6 Å². The Kier molecular flexibility index (Phi) is 5.81. The molecule has 26 heavy (non-hydrogen) atoms. The lowest BCUT2D eigenvalue weighted by molar-refractivity contribution is 0.170. The van der Waals surface area contributed by atoms with Gasteiger partial charge < -0.3 is 15.8 Å². The molecule has 1 fully saturated rings. The Morgan fingerprint density at radius 2 is 1.88 bits per heavy atom. The molecule has 0 radical (unpaired) electrons. The van der Waals surface area contributed by atoms with Crippen LogP contribution in [0.3, 0.4) is 0 Å². The third-order valence-corrected chi connectivity index (χ3v) is 5.21. The van der Waals surface area contributed by atoms with Gasteiger partial charge >= 0.3 is 0 Å². The number of benzene rings is 1. The van der Waals surface area contributed by atoms with Gasteiger partial charge in [-0.25, -0.2) is 0 Å². The first-order chi connectivity index (χ1) is 12.6. The fraction of sp³-hybridized carbons (Fsp3) is 0.500. The molecule has 3 rings (SSSR count). The highest BCUT2D eigenvalue weighted by Crippen LogP contribution is 2.38. The molecular weight excluding hydrogens is 326 g/mol. The zero-order valence-electron chi connectivity index (χ0n) is 15.5. The van der Waals surface area contributed by atoms with Gasteiger partial charge in [-0.15, -0.1) is 4.73 Å². The van der Waals surface area contributed by atoms with Crippen LogP contribution in [0.25, 0.3) is 0 Å². The van der Waals surface area contributed by atoms with Crippen molar-refractivity contribution in [3.63, 3.8) is 0 Å². The molecule has 4 N–H and O–H groups in total. The number of anilines is 2. The molecule has 1 aromatic heterocycles. The predicted octanol–water partition coefficient (Wildman–Crippen LogP) is 3.49. The quantitative estimate of drug-likeness (QED) is 0.692. The van der Waals surface area contributed by atoms with E-state index in [1.54, 1.807) is 0 Å². The minimum Gasteiger partial charge on any atom is -0.423 e. The van der Waals surface area contributed by atoms with E-state index in [2.05, 4.69) is 28.9 Å². The summed E-state index contributed by atoms with van der Waals surface area (Å²) in [6, 6.07) is 10.3. The average Bonchev–Trinajstić information content (AvgIpc) is 2.69. The molecule has 0 amide bonds. The molecule has 2 aromatic rings. The largest absolute Gasteiger partial charge is 0.423 e. The molecule has 2 heterocycles. The maximum Gasteiger partial charge on any atom is 0.259 e. The van der Waals surface area contributed by atoms with Gasteiger partial charge in [0.25, 0.3) is 5.62 Å². The second kappa shape index (κ2) is 8.25. The van der Waals surface area contributed by atoms with Gasteiger partial charge in [-0.05, 0) is 31.2 Å². The van der Waals surface area contributed by atoms with E-state index in [4.69, 9.17) is 11.1 Å². The van der Waals surface area contributed by atoms with Crippen molar-refractivity contribution in [1.82, 2.24) is 9.71 Å². The van der Waals surface area contributed by atoms with E-state index < -0.39 is 0 Å². The number of unbranched alkanes of at least 4 members (excludes halogenated alkanes) is 1. The summed E-state index contributed by atoms with van der Waals surface area (Å²) in [4.78, 5) is 6.67. The molecule has 6 nitrogen and oxygen atoms in total. The van der Waals surface area contributed by atoms with E-state index >= 15 is 0 Å². The van der Waals surface area contributed by atoms with Crippen LogP contribution in [0.15, 0.2) is 30.3 Å². The van der Waals surface area contributed by atoms with E-state index in [9.17, 15) is 5.21 Å². The van der Waals surface area contributed by atoms with Crippen molar-refractivity contribution in [1.29, 1.82) is 5.41 Å². The Morgan fingerprint density at radius 3 is 2.54 bits per heavy atom. The van der Waals surface area contributed by atoms with Crippen LogP contribution >= 0.6 is 0 Å². The molecule has 0 saturated carbocycles. The summed E-state index contributed by atoms with van der Waals surface area (Å²) < 4.78 is 0.713. The maximum absolute atomic E-state index is 10.3. The van der Waals surface area contributed by atoms with Crippen LogP contribution in [-0.2, 0) is 0 Å². The van der Waals surface area contributed by atoms with Crippen molar-refractivity contribution in [2.75, 3.05) is 23.7 Å². The second-order valence-electron chi connectivity index (χ2n) is 7.02. The van der Waals surface area contributed by atoms with Gasteiger partial charge in [0.05, 0.1) is 0 Å². The summed E-state index contributed by atoms with van der Waals surface area (Å²) in [5, 5.41) is 18.2. The second-order valence-corrected chi connectivity index (χ2v) is 7.02. The SMILES string of the molecule is CCCCC(c1ccccc1)c1c(N2CCCCC2)nc(=N)n(O)c1N. The monoisotopic (exact) mass is 355 g/mol. The minimum atomic E-state index is -0.214. The Morgan fingerprint density at radius 1 is 1.19 bits per heavy atom. The molecular formula is C20H29N5O. The molecule has 0 aliphatic carbocycles. The number of nitrogen functional groups attached to an aromatic ring is 1. The Hall–Kier alpha value is -2.50. The lowest BCUT2D eigenvalue weighted by Crippen LogP contribution is -2.36. The summed E-state index contributed by atoms with van der Waals surface area (Å²) >= 11 is 0. The Labute approximate surface area is 154 Å². The Balaban J connectivity index is 2.15. The summed E-state index contributed by atoms with van der Waals surface area (Å²) in [6.07, 6.45) is 6.54. The highest BCUT2D eigenvalue weighted by Gasteiger charge is 2.27. The minimum absolute atomic E-state index is 0.0552. The van der Waals surface area contributed by atoms with E-state index in [1.807, 2.05) is 18.2 Å². The van der Waals surface area contributed by atoms with Crippen molar-refractivity contribution in [2.24, 2.45) is 0 Å². The molecule has 140 valence electrons. The first-order valence-electron chi connectivity index (χ1n) is 9.59. The molecule has 1 aliphatic heterocycles. The Bertz CT molecular complexity index is 781. The fourth-order valence-corrected chi connectivity index (χ4v) is 3.80. The number of piperidine rings is 1. The lowest BCUT2D eigenvalue weighted by Gasteiger charge is -2.32. The normalized spacial score (nSPS) is 15.8. The first kappa shape index (κ1) is 18.3. The van der Waals surface area contributed by atoms with Gasteiger partial charge in [0, 0.05) is 24.6 Å². The zero-order valence-corrected chi connectivity index (χ0v) is 15.5. The van der Waals surface area contributed by atoms with Crippen LogP contribution in [-0.4, -0.2) is 28.0 Å². The van der Waals surface area contributed by atoms with E-state index in [1.165, 1.54) is 12.0 Å². The molecule has 6 heteroatoms. The van der Waals surface area contributed by atoms with Gasteiger partial charge in [0.2, 0.25) is 0 Å².